The van der Waals surface area contributed by atoms with E-state index in [1.165, 1.54) is 0 Å². The minimum absolute atomic E-state index is 0.0655. The Bertz CT molecular complexity index is 535. The van der Waals surface area contributed by atoms with Crippen molar-refractivity contribution in [1.29, 1.82) is 0 Å². The van der Waals surface area contributed by atoms with Crippen molar-refractivity contribution in [3.05, 3.63) is 27.8 Å². The Labute approximate surface area is 123 Å². The van der Waals surface area contributed by atoms with E-state index < -0.39 is 5.97 Å². The van der Waals surface area contributed by atoms with Gasteiger partial charge in [-0.05, 0) is 44.9 Å². The highest BCUT2D eigenvalue weighted by molar-refractivity contribution is 6.32. The molecule has 0 amide bonds. The van der Waals surface area contributed by atoms with E-state index in [4.69, 9.17) is 21.4 Å². The van der Waals surface area contributed by atoms with E-state index in [-0.39, 0.29) is 24.7 Å². The van der Waals surface area contributed by atoms with Gasteiger partial charge in [-0.25, -0.2) is 0 Å². The number of hydrogen-bond acceptors (Lipinski definition) is 3. The average Bonchev–Trinajstić information content (AvgIpc) is 2.32. The Hall–Kier alpha value is -1.55. The maximum Gasteiger partial charge on any atom is 0.303 e. The van der Waals surface area contributed by atoms with Crippen molar-refractivity contribution in [3.8, 4) is 5.75 Å². The molecular weight excluding hydrogens is 280 g/mol. The molecule has 0 heterocycles. The zero-order chi connectivity index (χ0) is 15.4. The molecule has 1 aromatic carbocycles. The van der Waals surface area contributed by atoms with Crippen LogP contribution in [0.1, 0.15) is 48.2 Å². The molecule has 0 atom stereocenters. The molecule has 4 nitrogen and oxygen atoms in total. The quantitative estimate of drug-likeness (QED) is 0.812. The minimum Gasteiger partial charge on any atom is -0.490 e. The molecule has 1 rings (SSSR count). The number of carboxylic acids is 1. The van der Waals surface area contributed by atoms with Gasteiger partial charge in [0.1, 0.15) is 5.75 Å². The van der Waals surface area contributed by atoms with Gasteiger partial charge in [-0.1, -0.05) is 11.6 Å². The third-order valence-corrected chi connectivity index (χ3v) is 3.43. The molecule has 1 N–H and O–H groups in total. The summed E-state index contributed by atoms with van der Waals surface area (Å²) in [4.78, 5) is 22.8. The fourth-order valence-electron chi connectivity index (χ4n) is 1.96. The molecular formula is C15H19ClO4. The first-order valence-corrected chi connectivity index (χ1v) is 6.83. The number of ether oxygens (including phenoxy) is 1. The van der Waals surface area contributed by atoms with Crippen LogP contribution in [0.2, 0.25) is 5.02 Å². The Morgan fingerprint density at radius 2 is 1.90 bits per heavy atom. The number of Topliss-reactive ketones (excluding diaryl/α,β-unsaturated/α-hetero) is 1. The summed E-state index contributed by atoms with van der Waals surface area (Å²) >= 11 is 6.17. The first kappa shape index (κ1) is 16.5. The van der Waals surface area contributed by atoms with E-state index in [2.05, 4.69) is 0 Å². The van der Waals surface area contributed by atoms with Crippen LogP contribution in [0.25, 0.3) is 0 Å². The van der Waals surface area contributed by atoms with Crippen molar-refractivity contribution >= 4 is 23.4 Å². The molecule has 0 aliphatic heterocycles. The average molecular weight is 299 g/mol. The summed E-state index contributed by atoms with van der Waals surface area (Å²) < 4.78 is 5.66. The number of carboxylic acid groups (broad SMARTS) is 1. The van der Waals surface area contributed by atoms with Crippen LogP contribution in [0.4, 0.5) is 0 Å². The summed E-state index contributed by atoms with van der Waals surface area (Å²) in [5.74, 6) is -0.794. The zero-order valence-corrected chi connectivity index (χ0v) is 12.9. The van der Waals surface area contributed by atoms with E-state index in [0.29, 0.717) is 21.9 Å². The predicted molar refractivity (Wildman–Crippen MR) is 77.9 cm³/mol. The summed E-state index contributed by atoms with van der Waals surface area (Å²) in [6.45, 7) is 7.32. The van der Waals surface area contributed by atoms with E-state index in [0.717, 1.165) is 5.56 Å². The molecule has 0 fully saturated rings. The molecule has 0 radical (unpaired) electrons. The molecule has 0 aliphatic carbocycles. The Morgan fingerprint density at radius 1 is 1.30 bits per heavy atom. The fraction of sp³-hybridized carbons (Fsp3) is 0.467. The maximum absolute atomic E-state index is 12.2. The van der Waals surface area contributed by atoms with Crippen LogP contribution in [0.5, 0.6) is 5.75 Å². The van der Waals surface area contributed by atoms with Crippen LogP contribution in [0.15, 0.2) is 6.07 Å². The molecule has 0 saturated carbocycles. The Morgan fingerprint density at radius 3 is 2.40 bits per heavy atom. The summed E-state index contributed by atoms with van der Waals surface area (Å²) in [6, 6.07) is 1.73. The third-order valence-electron chi connectivity index (χ3n) is 2.85. The Kier molecular flexibility index (Phi) is 5.57. The molecule has 0 aromatic heterocycles. The van der Waals surface area contributed by atoms with Gasteiger partial charge in [0.2, 0.25) is 0 Å². The van der Waals surface area contributed by atoms with Crippen LogP contribution in [-0.2, 0) is 4.79 Å². The van der Waals surface area contributed by atoms with Crippen molar-refractivity contribution < 1.29 is 19.4 Å². The number of aliphatic carboxylic acids is 1. The van der Waals surface area contributed by atoms with Crippen LogP contribution in [0, 0.1) is 13.8 Å². The lowest BCUT2D eigenvalue weighted by Gasteiger charge is -2.18. The van der Waals surface area contributed by atoms with Crippen molar-refractivity contribution in [2.75, 3.05) is 0 Å². The number of ketones is 1. The van der Waals surface area contributed by atoms with Gasteiger partial charge in [0.05, 0.1) is 18.1 Å². The normalized spacial score (nSPS) is 10.7. The van der Waals surface area contributed by atoms with Crippen LogP contribution in [-0.4, -0.2) is 23.0 Å². The van der Waals surface area contributed by atoms with Gasteiger partial charge in [0, 0.05) is 11.4 Å². The summed E-state index contributed by atoms with van der Waals surface area (Å²) in [5, 5.41) is 9.20. The summed E-state index contributed by atoms with van der Waals surface area (Å²) in [5.41, 5.74) is 1.85. The second kappa shape index (κ2) is 6.75. The van der Waals surface area contributed by atoms with Crippen molar-refractivity contribution in [2.45, 2.75) is 46.6 Å². The number of carbonyl (C=O) groups is 2. The largest absolute Gasteiger partial charge is 0.490 e. The molecule has 5 heteroatoms. The van der Waals surface area contributed by atoms with Gasteiger partial charge in [-0.3, -0.25) is 9.59 Å². The lowest BCUT2D eigenvalue weighted by Crippen LogP contribution is -2.13. The second-order valence-corrected chi connectivity index (χ2v) is 5.37. The van der Waals surface area contributed by atoms with Crippen LogP contribution >= 0.6 is 11.6 Å². The fourth-order valence-corrected chi connectivity index (χ4v) is 2.11. The summed E-state index contributed by atoms with van der Waals surface area (Å²) in [7, 11) is 0. The van der Waals surface area contributed by atoms with E-state index >= 15 is 0 Å². The van der Waals surface area contributed by atoms with Crippen LogP contribution in [0.3, 0.4) is 0 Å². The summed E-state index contributed by atoms with van der Waals surface area (Å²) in [6.07, 6.45) is -0.351. The molecule has 0 unspecified atom stereocenters. The van der Waals surface area contributed by atoms with E-state index in [1.807, 2.05) is 20.8 Å². The van der Waals surface area contributed by atoms with E-state index in [9.17, 15) is 9.59 Å². The van der Waals surface area contributed by atoms with Gasteiger partial charge < -0.3 is 9.84 Å². The van der Waals surface area contributed by atoms with Gasteiger partial charge in [0.15, 0.2) is 5.78 Å². The van der Waals surface area contributed by atoms with E-state index in [1.54, 1.807) is 13.0 Å². The second-order valence-electron chi connectivity index (χ2n) is 4.99. The minimum atomic E-state index is -1.000. The number of rotatable bonds is 6. The molecule has 1 aromatic rings. The number of benzene rings is 1. The zero-order valence-electron chi connectivity index (χ0n) is 12.1. The van der Waals surface area contributed by atoms with Crippen LogP contribution < -0.4 is 4.74 Å². The SMILES string of the molecule is Cc1cc(OC(C)C)c(C(=O)CCC(=O)O)c(C)c1Cl. The highest BCUT2D eigenvalue weighted by Crippen LogP contribution is 2.33. The smallest absolute Gasteiger partial charge is 0.303 e. The molecule has 0 aliphatic rings. The molecule has 0 bridgehead atoms. The first-order chi connectivity index (χ1) is 9.23. The topological polar surface area (TPSA) is 63.6 Å². The maximum atomic E-state index is 12.2. The molecule has 20 heavy (non-hydrogen) atoms. The van der Waals surface area contributed by atoms with Crippen molar-refractivity contribution in [3.63, 3.8) is 0 Å². The van der Waals surface area contributed by atoms with Crippen molar-refractivity contribution in [2.24, 2.45) is 0 Å². The lowest BCUT2D eigenvalue weighted by molar-refractivity contribution is -0.136. The Balaban J connectivity index is 3.23. The highest BCUT2D eigenvalue weighted by Gasteiger charge is 2.20. The first-order valence-electron chi connectivity index (χ1n) is 6.45. The van der Waals surface area contributed by atoms with Crippen molar-refractivity contribution in [1.82, 2.24) is 0 Å². The van der Waals surface area contributed by atoms with Gasteiger partial charge in [0.25, 0.3) is 0 Å². The lowest BCUT2D eigenvalue weighted by atomic mass is 9.98. The molecule has 110 valence electrons. The van der Waals surface area contributed by atoms with Gasteiger partial charge in [-0.15, -0.1) is 0 Å². The number of halogens is 1. The van der Waals surface area contributed by atoms with Gasteiger partial charge in [-0.2, -0.15) is 0 Å². The predicted octanol–water partition coefficient (Wildman–Crippen LogP) is 3.79. The standard InChI is InChI=1S/C15H19ClO4/c1-8(2)20-12-7-9(3)15(16)10(4)14(12)11(17)5-6-13(18)19/h7-8H,5-6H2,1-4H3,(H,18,19). The number of carbonyl (C=O) groups excluding carboxylic acids is 1. The monoisotopic (exact) mass is 298 g/mol. The van der Waals surface area contributed by atoms with Gasteiger partial charge >= 0.3 is 5.97 Å². The molecule has 0 spiro atoms. The number of aryl methyl sites for hydroxylation is 1. The highest BCUT2D eigenvalue weighted by atomic mass is 35.5. The molecule has 0 saturated heterocycles. The third kappa shape index (κ3) is 3.97. The number of hydrogen-bond donors (Lipinski definition) is 1.